The van der Waals surface area contributed by atoms with Gasteiger partial charge in [-0.3, -0.25) is 0 Å². The molecule has 3 rings (SSSR count). The van der Waals surface area contributed by atoms with E-state index in [0.717, 1.165) is 26.2 Å². The molecule has 0 spiro atoms. The van der Waals surface area contributed by atoms with E-state index >= 15 is 0 Å². The maximum atomic E-state index is 2.39. The lowest BCUT2D eigenvalue weighted by Crippen LogP contribution is -3.00. The molecule has 3 heterocycles. The van der Waals surface area contributed by atoms with E-state index in [9.17, 15) is 0 Å². The largest absolute Gasteiger partial charge is 1.00 e. The normalized spacial score (nSPS) is 13.4. The van der Waals surface area contributed by atoms with E-state index in [-0.39, 0.29) is 34.0 Å². The number of aryl methyl sites for hydroxylation is 4. The number of fused-ring (bicyclic) bond motifs is 2. The Labute approximate surface area is 128 Å². The molecule has 1 aliphatic rings. The van der Waals surface area contributed by atoms with E-state index in [0.29, 0.717) is 0 Å². The van der Waals surface area contributed by atoms with Crippen molar-refractivity contribution >= 4 is 0 Å². The minimum absolute atomic E-state index is 0. The lowest BCUT2D eigenvalue weighted by molar-refractivity contribution is -0.827. The van der Waals surface area contributed by atoms with Gasteiger partial charge in [0.25, 0.3) is 0 Å². The predicted molar refractivity (Wildman–Crippen MR) is 58.7 cm³/mol. The van der Waals surface area contributed by atoms with Gasteiger partial charge in [0.2, 0.25) is 5.69 Å². The Kier molecular flexibility index (Phi) is 5.16. The van der Waals surface area contributed by atoms with E-state index in [2.05, 4.69) is 57.1 Å². The molecule has 0 saturated heterocycles. The Morgan fingerprint density at radius 2 is 1.89 bits per heavy atom. The maximum absolute atomic E-state index is 2.39. The Balaban J connectivity index is 0.000000810. The highest BCUT2D eigenvalue weighted by atomic mass is 79.9. The van der Waals surface area contributed by atoms with Crippen molar-refractivity contribution in [2.24, 2.45) is 0 Å². The molecular formula is C12H18Br2N4. The van der Waals surface area contributed by atoms with Crippen LogP contribution in [0.1, 0.15) is 11.4 Å². The summed E-state index contributed by atoms with van der Waals surface area (Å²) in [6, 6.07) is 4.39. The summed E-state index contributed by atoms with van der Waals surface area (Å²) in [5.41, 5.74) is 2.72. The first kappa shape index (κ1) is 15.4. The number of halogens is 2. The Morgan fingerprint density at radius 3 is 2.67 bits per heavy atom. The van der Waals surface area contributed by atoms with Gasteiger partial charge in [0, 0.05) is 19.1 Å². The summed E-state index contributed by atoms with van der Waals surface area (Å²) in [5, 5.41) is 0. The van der Waals surface area contributed by atoms with Crippen LogP contribution in [-0.4, -0.2) is 9.36 Å². The fourth-order valence-corrected chi connectivity index (χ4v) is 2.64. The average Bonchev–Trinajstić information content (AvgIpc) is 2.73. The van der Waals surface area contributed by atoms with Gasteiger partial charge >= 0.3 is 0 Å². The second-order valence-electron chi connectivity index (χ2n) is 4.49. The standard InChI is InChI=1S/C12H18N4.2BrH/c1-11-10-12(2)16-9-7-14-5-3-4-13(14)6-8-15(11)16;;/h3-5,10H,6-9H2,1-2H3;2*1H/q+2;;/p-2. The summed E-state index contributed by atoms with van der Waals surface area (Å²) in [6.07, 6.45) is 4.31. The maximum Gasteiger partial charge on any atom is 0.205 e. The third-order valence-corrected chi connectivity index (χ3v) is 3.45. The summed E-state index contributed by atoms with van der Waals surface area (Å²) in [6.45, 7) is 8.57. The minimum Gasteiger partial charge on any atom is -1.00 e. The van der Waals surface area contributed by atoms with Crippen LogP contribution < -0.4 is 43.3 Å². The van der Waals surface area contributed by atoms with Crippen LogP contribution in [0.15, 0.2) is 24.5 Å². The van der Waals surface area contributed by atoms with Gasteiger partial charge < -0.3 is 34.0 Å². The van der Waals surface area contributed by atoms with Gasteiger partial charge in [-0.25, -0.2) is 0 Å². The SMILES string of the molecule is Cc1cc(C)[n+]2n1CC[n+]1cccn1CC2.[Br-].[Br-]. The molecule has 0 amide bonds. The van der Waals surface area contributed by atoms with Crippen LogP contribution in [0.4, 0.5) is 0 Å². The minimum atomic E-state index is 0. The number of rotatable bonds is 0. The highest BCUT2D eigenvalue weighted by molar-refractivity contribution is 5.01. The van der Waals surface area contributed by atoms with E-state index in [1.165, 1.54) is 11.4 Å². The predicted octanol–water partition coefficient (Wildman–Crippen LogP) is -5.80. The monoisotopic (exact) mass is 376 g/mol. The topological polar surface area (TPSA) is 17.6 Å². The molecule has 0 N–H and O–H groups in total. The van der Waals surface area contributed by atoms with Gasteiger partial charge in [0.15, 0.2) is 19.3 Å². The second-order valence-corrected chi connectivity index (χ2v) is 4.49. The molecule has 0 radical (unpaired) electrons. The molecule has 2 aromatic heterocycles. The third kappa shape index (κ3) is 2.54. The molecule has 100 valence electrons. The van der Waals surface area contributed by atoms with Gasteiger partial charge in [-0.1, -0.05) is 0 Å². The van der Waals surface area contributed by atoms with Crippen molar-refractivity contribution < 1.29 is 43.3 Å². The molecule has 6 heteroatoms. The van der Waals surface area contributed by atoms with Gasteiger partial charge in [0.1, 0.15) is 13.1 Å². The van der Waals surface area contributed by atoms with Gasteiger partial charge in [-0.2, -0.15) is 9.36 Å². The smallest absolute Gasteiger partial charge is 0.205 e. The first-order chi connectivity index (χ1) is 7.75. The van der Waals surface area contributed by atoms with Crippen LogP contribution in [0.5, 0.6) is 0 Å². The Hall–Kier alpha value is -0.620. The van der Waals surface area contributed by atoms with Gasteiger partial charge in [-0.15, -0.1) is 9.36 Å². The van der Waals surface area contributed by atoms with Gasteiger partial charge in [-0.05, 0) is 6.92 Å². The number of nitrogens with zero attached hydrogens (tertiary/aromatic N) is 4. The van der Waals surface area contributed by atoms with E-state index < -0.39 is 0 Å². The first-order valence-electron chi connectivity index (χ1n) is 5.87. The highest BCUT2D eigenvalue weighted by Crippen LogP contribution is 2.02. The van der Waals surface area contributed by atoms with E-state index in [1.807, 2.05) is 0 Å². The quantitative estimate of drug-likeness (QED) is 0.407. The zero-order valence-corrected chi connectivity index (χ0v) is 13.9. The molecule has 0 aromatic carbocycles. The fraction of sp³-hybridized carbons (Fsp3) is 0.500. The summed E-state index contributed by atoms with van der Waals surface area (Å²) in [4.78, 5) is 0. The lowest BCUT2D eigenvalue weighted by Gasteiger charge is -2.09. The van der Waals surface area contributed by atoms with Crippen LogP contribution in [0.25, 0.3) is 0 Å². The van der Waals surface area contributed by atoms with E-state index in [4.69, 9.17) is 0 Å². The third-order valence-electron chi connectivity index (χ3n) is 3.45. The van der Waals surface area contributed by atoms with Crippen LogP contribution in [0.2, 0.25) is 0 Å². The molecule has 4 nitrogen and oxygen atoms in total. The number of hydrogen-bond donors (Lipinski definition) is 0. The fourth-order valence-electron chi connectivity index (χ4n) is 2.64. The van der Waals surface area contributed by atoms with Crippen molar-refractivity contribution in [3.63, 3.8) is 0 Å². The van der Waals surface area contributed by atoms with Crippen LogP contribution >= 0.6 is 0 Å². The molecule has 0 saturated carbocycles. The van der Waals surface area contributed by atoms with Crippen molar-refractivity contribution in [1.29, 1.82) is 0 Å². The van der Waals surface area contributed by atoms with Crippen LogP contribution in [-0.2, 0) is 26.2 Å². The molecular weight excluding hydrogens is 360 g/mol. The van der Waals surface area contributed by atoms with Crippen molar-refractivity contribution in [2.75, 3.05) is 0 Å². The second kappa shape index (κ2) is 6.02. The van der Waals surface area contributed by atoms with E-state index in [1.54, 1.807) is 0 Å². The van der Waals surface area contributed by atoms with Crippen molar-refractivity contribution in [2.45, 2.75) is 40.0 Å². The van der Waals surface area contributed by atoms with Gasteiger partial charge in [0.05, 0.1) is 11.9 Å². The molecule has 0 atom stereocenters. The molecule has 2 aromatic rings. The molecule has 0 unspecified atom stereocenters. The average molecular weight is 378 g/mol. The summed E-state index contributed by atoms with van der Waals surface area (Å²) in [7, 11) is 0. The number of aromatic nitrogens is 4. The Morgan fingerprint density at radius 1 is 1.11 bits per heavy atom. The molecule has 0 bridgehead atoms. The summed E-state index contributed by atoms with van der Waals surface area (Å²) < 4.78 is 9.36. The van der Waals surface area contributed by atoms with Crippen molar-refractivity contribution in [1.82, 2.24) is 9.36 Å². The zero-order chi connectivity index (χ0) is 11.1. The van der Waals surface area contributed by atoms with Crippen molar-refractivity contribution in [3.05, 3.63) is 35.9 Å². The Bertz CT molecular complexity index is 487. The molecule has 0 aliphatic carbocycles. The molecule has 0 fully saturated rings. The number of hydrogen-bond acceptors (Lipinski definition) is 0. The summed E-state index contributed by atoms with van der Waals surface area (Å²) >= 11 is 0. The summed E-state index contributed by atoms with van der Waals surface area (Å²) in [5.74, 6) is 0. The molecule has 18 heavy (non-hydrogen) atoms. The molecule has 1 aliphatic heterocycles. The van der Waals surface area contributed by atoms with Crippen LogP contribution in [0.3, 0.4) is 0 Å². The van der Waals surface area contributed by atoms with Crippen LogP contribution in [0, 0.1) is 13.8 Å². The van der Waals surface area contributed by atoms with Crippen molar-refractivity contribution in [3.8, 4) is 0 Å². The first-order valence-corrected chi connectivity index (χ1v) is 5.87. The highest BCUT2D eigenvalue weighted by Gasteiger charge is 2.23. The lowest BCUT2D eigenvalue weighted by atomic mass is 10.4. The zero-order valence-electron chi connectivity index (χ0n) is 10.7.